The molecule has 0 spiro atoms. The van der Waals surface area contributed by atoms with Crippen molar-refractivity contribution in [3.05, 3.63) is 12.7 Å². The quantitative estimate of drug-likeness (QED) is 0.429. The topological polar surface area (TPSA) is 0 Å². The van der Waals surface area contributed by atoms with E-state index in [1.165, 1.54) is 32.1 Å². The fourth-order valence-corrected chi connectivity index (χ4v) is 2.58. The summed E-state index contributed by atoms with van der Waals surface area (Å²) in [6.07, 6.45) is 9.08. The highest BCUT2D eigenvalue weighted by Crippen LogP contribution is 2.35. The van der Waals surface area contributed by atoms with Gasteiger partial charge < -0.3 is 0 Å². The molecule has 12 heavy (non-hydrogen) atoms. The van der Waals surface area contributed by atoms with Gasteiger partial charge in [-0.3, -0.25) is 0 Å². The third-order valence-electron chi connectivity index (χ3n) is 3.47. The SMILES string of the molecule is C=CCC1C(C)CCCCC1C. The monoisotopic (exact) mass is 166 g/mol. The fraction of sp³-hybridized carbons (Fsp3) is 0.833. The summed E-state index contributed by atoms with van der Waals surface area (Å²) in [7, 11) is 0. The fourth-order valence-electron chi connectivity index (χ4n) is 2.58. The van der Waals surface area contributed by atoms with Gasteiger partial charge in [0, 0.05) is 0 Å². The van der Waals surface area contributed by atoms with E-state index in [1.54, 1.807) is 0 Å². The van der Waals surface area contributed by atoms with Gasteiger partial charge in [0.25, 0.3) is 0 Å². The lowest BCUT2D eigenvalue weighted by Gasteiger charge is -2.25. The van der Waals surface area contributed by atoms with Crippen molar-refractivity contribution in [2.24, 2.45) is 17.8 Å². The second-order valence-electron chi connectivity index (χ2n) is 4.43. The van der Waals surface area contributed by atoms with E-state index in [9.17, 15) is 0 Å². The summed E-state index contributed by atoms with van der Waals surface area (Å²) in [4.78, 5) is 0. The van der Waals surface area contributed by atoms with Crippen molar-refractivity contribution in [3.63, 3.8) is 0 Å². The molecule has 0 aliphatic heterocycles. The molecule has 1 saturated carbocycles. The maximum atomic E-state index is 3.85. The molecule has 0 aromatic rings. The number of hydrogen-bond acceptors (Lipinski definition) is 0. The van der Waals surface area contributed by atoms with Crippen molar-refractivity contribution in [3.8, 4) is 0 Å². The van der Waals surface area contributed by atoms with Crippen LogP contribution < -0.4 is 0 Å². The van der Waals surface area contributed by atoms with E-state index in [-0.39, 0.29) is 0 Å². The minimum absolute atomic E-state index is 0.907. The smallest absolute Gasteiger partial charge is 0.0320 e. The molecule has 0 heteroatoms. The molecule has 0 aromatic heterocycles. The Hall–Kier alpha value is -0.260. The molecular formula is C12H22. The Bertz CT molecular complexity index is 125. The van der Waals surface area contributed by atoms with Crippen molar-refractivity contribution in [2.45, 2.75) is 46.0 Å². The molecule has 1 rings (SSSR count). The minimum Gasteiger partial charge on any atom is -0.103 e. The van der Waals surface area contributed by atoms with E-state index < -0.39 is 0 Å². The van der Waals surface area contributed by atoms with Gasteiger partial charge >= 0.3 is 0 Å². The van der Waals surface area contributed by atoms with E-state index in [2.05, 4.69) is 26.5 Å². The molecule has 1 aliphatic carbocycles. The van der Waals surface area contributed by atoms with Crippen molar-refractivity contribution in [1.82, 2.24) is 0 Å². The Morgan fingerprint density at radius 1 is 1.17 bits per heavy atom. The first kappa shape index (κ1) is 9.83. The average Bonchev–Trinajstić information content (AvgIpc) is 2.19. The van der Waals surface area contributed by atoms with Gasteiger partial charge in [0.05, 0.1) is 0 Å². The lowest BCUT2D eigenvalue weighted by atomic mass is 9.80. The third-order valence-corrected chi connectivity index (χ3v) is 3.47. The van der Waals surface area contributed by atoms with Crippen LogP contribution in [0.25, 0.3) is 0 Å². The molecule has 0 radical (unpaired) electrons. The zero-order valence-corrected chi connectivity index (χ0v) is 8.55. The van der Waals surface area contributed by atoms with Crippen LogP contribution in [0.5, 0.6) is 0 Å². The molecular weight excluding hydrogens is 144 g/mol. The van der Waals surface area contributed by atoms with E-state index >= 15 is 0 Å². The van der Waals surface area contributed by atoms with Crippen LogP contribution in [-0.2, 0) is 0 Å². The summed E-state index contributed by atoms with van der Waals surface area (Å²) in [5, 5.41) is 0. The Morgan fingerprint density at radius 2 is 1.67 bits per heavy atom. The number of rotatable bonds is 2. The summed E-state index contributed by atoms with van der Waals surface area (Å²) in [6.45, 7) is 8.68. The van der Waals surface area contributed by atoms with Crippen LogP contribution in [-0.4, -0.2) is 0 Å². The lowest BCUT2D eigenvalue weighted by Crippen LogP contribution is -2.16. The van der Waals surface area contributed by atoms with Crippen LogP contribution in [0.2, 0.25) is 0 Å². The van der Waals surface area contributed by atoms with Crippen molar-refractivity contribution < 1.29 is 0 Å². The number of hydrogen-bond donors (Lipinski definition) is 0. The largest absolute Gasteiger partial charge is 0.103 e. The molecule has 0 amide bonds. The third kappa shape index (κ3) is 2.36. The summed E-state index contributed by atoms with van der Waals surface area (Å²) < 4.78 is 0. The predicted molar refractivity (Wildman–Crippen MR) is 55.1 cm³/mol. The maximum Gasteiger partial charge on any atom is -0.0320 e. The van der Waals surface area contributed by atoms with Crippen LogP contribution >= 0.6 is 0 Å². The number of allylic oxidation sites excluding steroid dienone is 1. The standard InChI is InChI=1S/C12H22/c1-4-7-12-10(2)8-5-6-9-11(12)3/h4,10-12H,1,5-9H2,2-3H3. The van der Waals surface area contributed by atoms with Gasteiger partial charge in [-0.05, 0) is 24.2 Å². The second-order valence-corrected chi connectivity index (χ2v) is 4.43. The molecule has 1 aliphatic rings. The summed E-state index contributed by atoms with van der Waals surface area (Å²) in [5.74, 6) is 2.74. The Balaban J connectivity index is 2.54. The van der Waals surface area contributed by atoms with Crippen molar-refractivity contribution in [1.29, 1.82) is 0 Å². The summed E-state index contributed by atoms with van der Waals surface area (Å²) in [6, 6.07) is 0. The molecule has 2 unspecified atom stereocenters. The van der Waals surface area contributed by atoms with Crippen LogP contribution in [0, 0.1) is 17.8 Å². The van der Waals surface area contributed by atoms with Crippen LogP contribution in [0.4, 0.5) is 0 Å². The minimum atomic E-state index is 0.907. The molecule has 0 N–H and O–H groups in total. The summed E-state index contributed by atoms with van der Waals surface area (Å²) >= 11 is 0. The van der Waals surface area contributed by atoms with Gasteiger partial charge in [0.2, 0.25) is 0 Å². The van der Waals surface area contributed by atoms with Gasteiger partial charge in [-0.15, -0.1) is 6.58 Å². The predicted octanol–water partition coefficient (Wildman–Crippen LogP) is 4.02. The van der Waals surface area contributed by atoms with Crippen LogP contribution in [0.1, 0.15) is 46.0 Å². The van der Waals surface area contributed by atoms with Crippen LogP contribution in [0.3, 0.4) is 0 Å². The van der Waals surface area contributed by atoms with Gasteiger partial charge in [-0.1, -0.05) is 45.6 Å². The van der Waals surface area contributed by atoms with E-state index in [1.807, 2.05) is 0 Å². The summed E-state index contributed by atoms with van der Waals surface area (Å²) in [5.41, 5.74) is 0. The Labute approximate surface area is 77.1 Å². The van der Waals surface area contributed by atoms with E-state index in [0.29, 0.717) is 0 Å². The first-order valence-corrected chi connectivity index (χ1v) is 5.36. The Morgan fingerprint density at radius 3 is 2.08 bits per heavy atom. The molecule has 0 heterocycles. The van der Waals surface area contributed by atoms with Crippen LogP contribution in [0.15, 0.2) is 12.7 Å². The van der Waals surface area contributed by atoms with E-state index in [4.69, 9.17) is 0 Å². The Kier molecular flexibility index (Phi) is 3.84. The first-order valence-electron chi connectivity index (χ1n) is 5.36. The van der Waals surface area contributed by atoms with Crippen molar-refractivity contribution >= 4 is 0 Å². The molecule has 70 valence electrons. The highest BCUT2D eigenvalue weighted by Gasteiger charge is 2.24. The zero-order valence-electron chi connectivity index (χ0n) is 8.55. The van der Waals surface area contributed by atoms with Gasteiger partial charge in [-0.25, -0.2) is 0 Å². The molecule has 0 saturated heterocycles. The highest BCUT2D eigenvalue weighted by molar-refractivity contribution is 4.82. The molecule has 2 atom stereocenters. The molecule has 0 bridgehead atoms. The lowest BCUT2D eigenvalue weighted by molar-refractivity contribution is 0.261. The second kappa shape index (κ2) is 4.69. The molecule has 1 fully saturated rings. The van der Waals surface area contributed by atoms with Crippen molar-refractivity contribution in [2.75, 3.05) is 0 Å². The van der Waals surface area contributed by atoms with Gasteiger partial charge in [0.1, 0.15) is 0 Å². The van der Waals surface area contributed by atoms with Gasteiger partial charge in [0.15, 0.2) is 0 Å². The molecule has 0 aromatic carbocycles. The highest BCUT2D eigenvalue weighted by atomic mass is 14.3. The van der Waals surface area contributed by atoms with Gasteiger partial charge in [-0.2, -0.15) is 0 Å². The maximum absolute atomic E-state index is 3.85. The average molecular weight is 166 g/mol. The van der Waals surface area contributed by atoms with E-state index in [0.717, 1.165) is 17.8 Å². The first-order chi connectivity index (χ1) is 5.75. The molecule has 0 nitrogen and oxygen atoms in total. The zero-order chi connectivity index (χ0) is 8.97. The normalized spacial score (nSPS) is 37.3.